The number of hydrogen-bond donors (Lipinski definition) is 3. The summed E-state index contributed by atoms with van der Waals surface area (Å²) in [4.78, 5) is 0. The molecule has 3 N–H and O–H groups in total. The Hall–Kier alpha value is -0.120. The van der Waals surface area contributed by atoms with E-state index >= 15 is 0 Å². The van der Waals surface area contributed by atoms with Gasteiger partial charge in [-0.25, -0.2) is 0 Å². The molecule has 0 unspecified atom stereocenters. The molecule has 0 aliphatic carbocycles. The molecule has 0 heterocycles. The Kier molecular flexibility index (Phi) is 39.8. The fourth-order valence-electron chi connectivity index (χ4n) is 1.79. The topological polar surface area (TPSA) is 52.5 Å². The molecule has 0 bridgehead atoms. The molecule has 0 rings (SSSR count). The molecular weight excluding hydrogens is 274 g/mol. The van der Waals surface area contributed by atoms with Gasteiger partial charge in [0.2, 0.25) is 0 Å². The van der Waals surface area contributed by atoms with E-state index in [1.165, 1.54) is 70.8 Å². The van der Waals surface area contributed by atoms with Crippen LogP contribution in [0.3, 0.4) is 0 Å². The second-order valence-electron chi connectivity index (χ2n) is 5.73. The van der Waals surface area contributed by atoms with Crippen molar-refractivity contribution in [2.75, 3.05) is 26.8 Å². The number of hydrogen-bond acceptors (Lipinski definition) is 3. The highest BCUT2D eigenvalue weighted by atomic mass is 16.3. The van der Waals surface area contributed by atoms with Crippen molar-refractivity contribution in [2.24, 2.45) is 0 Å². The summed E-state index contributed by atoms with van der Waals surface area (Å²) in [6, 6.07) is 0. The van der Waals surface area contributed by atoms with Gasteiger partial charge in [0.05, 0.1) is 0 Å². The van der Waals surface area contributed by atoms with Gasteiger partial charge in [0.25, 0.3) is 0 Å². The molecule has 0 atom stereocenters. The molecule has 0 amide bonds. The average Bonchev–Trinajstić information content (AvgIpc) is 2.57. The first kappa shape index (κ1) is 26.8. The Morgan fingerprint density at radius 3 is 1.14 bits per heavy atom. The van der Waals surface area contributed by atoms with Crippen LogP contribution in [0.15, 0.2) is 0 Å². The monoisotopic (exact) mass is 319 g/mol. The fraction of sp³-hybridized carbons (Fsp3) is 1.00. The lowest BCUT2D eigenvalue weighted by molar-refractivity contribution is 0.294. The van der Waals surface area contributed by atoms with E-state index in [4.69, 9.17) is 10.2 Å². The summed E-state index contributed by atoms with van der Waals surface area (Å²) in [6.07, 6.45) is 16.1. The van der Waals surface area contributed by atoms with Crippen molar-refractivity contribution in [3.63, 3.8) is 0 Å². The summed E-state index contributed by atoms with van der Waals surface area (Å²) >= 11 is 0. The van der Waals surface area contributed by atoms with Crippen LogP contribution in [-0.2, 0) is 0 Å². The van der Waals surface area contributed by atoms with E-state index in [0.29, 0.717) is 13.2 Å². The molecule has 0 aromatic heterocycles. The normalized spacial score (nSPS) is 9.55. The van der Waals surface area contributed by atoms with Crippen LogP contribution in [0.25, 0.3) is 0 Å². The molecule has 0 aromatic carbocycles. The van der Waals surface area contributed by atoms with E-state index in [0.717, 1.165) is 12.8 Å². The summed E-state index contributed by atoms with van der Waals surface area (Å²) in [5.41, 5.74) is 0. The summed E-state index contributed by atoms with van der Waals surface area (Å²) in [5.74, 6) is 0. The largest absolute Gasteiger partial charge is 0.396 e. The highest BCUT2D eigenvalue weighted by Crippen LogP contribution is 2.09. The van der Waals surface area contributed by atoms with E-state index < -0.39 is 0 Å². The number of nitrogens with one attached hydrogen (secondary N) is 1. The minimum atomic E-state index is 0.319. The van der Waals surface area contributed by atoms with Crippen molar-refractivity contribution in [1.29, 1.82) is 0 Å². The number of aliphatic hydroxyl groups excluding tert-OH is 2. The summed E-state index contributed by atoms with van der Waals surface area (Å²) in [7, 11) is 2.04. The number of aliphatic hydroxyl groups is 2. The molecule has 0 saturated carbocycles. The van der Waals surface area contributed by atoms with Gasteiger partial charge in [0, 0.05) is 13.2 Å². The highest BCUT2D eigenvalue weighted by molar-refractivity contribution is 4.48. The average molecular weight is 320 g/mol. The maximum atomic E-state index is 7.88. The van der Waals surface area contributed by atoms with E-state index in [-0.39, 0.29) is 0 Å². The molecule has 3 nitrogen and oxygen atoms in total. The molecule has 0 aromatic rings. The Balaban J connectivity index is -0.000000372. The zero-order chi connectivity index (χ0) is 17.3. The Morgan fingerprint density at radius 2 is 0.864 bits per heavy atom. The van der Waals surface area contributed by atoms with Crippen LogP contribution >= 0.6 is 0 Å². The smallest absolute Gasteiger partial charge is 0.0428 e. The zero-order valence-electron chi connectivity index (χ0n) is 16.0. The van der Waals surface area contributed by atoms with Crippen LogP contribution in [0, 0.1) is 0 Å². The quantitative estimate of drug-likeness (QED) is 0.423. The second kappa shape index (κ2) is 32.7. The lowest BCUT2D eigenvalue weighted by Crippen LogP contribution is -2.06. The van der Waals surface area contributed by atoms with Gasteiger partial charge in [-0.3, -0.25) is 0 Å². The molecule has 3 heteroatoms. The minimum Gasteiger partial charge on any atom is -0.396 e. The summed E-state index contributed by atoms with van der Waals surface area (Å²) in [6.45, 7) is 7.97. The van der Waals surface area contributed by atoms with Gasteiger partial charge in [0.15, 0.2) is 0 Å². The third kappa shape index (κ3) is 42.7. The lowest BCUT2D eigenvalue weighted by atomic mass is 10.1. The zero-order valence-corrected chi connectivity index (χ0v) is 16.0. The van der Waals surface area contributed by atoms with Gasteiger partial charge in [-0.2, -0.15) is 0 Å². The van der Waals surface area contributed by atoms with Crippen LogP contribution in [0.2, 0.25) is 0 Å². The van der Waals surface area contributed by atoms with E-state index in [2.05, 4.69) is 12.2 Å². The van der Waals surface area contributed by atoms with Crippen molar-refractivity contribution in [3.8, 4) is 0 Å². The Morgan fingerprint density at radius 1 is 0.545 bits per heavy atom. The molecule has 0 fully saturated rings. The van der Waals surface area contributed by atoms with Gasteiger partial charge >= 0.3 is 0 Å². The summed E-state index contributed by atoms with van der Waals surface area (Å²) in [5, 5.41) is 18.9. The molecule has 0 aliphatic heterocycles. The third-order valence-corrected chi connectivity index (χ3v) is 3.23. The van der Waals surface area contributed by atoms with Crippen molar-refractivity contribution in [2.45, 2.75) is 97.8 Å². The van der Waals surface area contributed by atoms with Gasteiger partial charge in [-0.1, -0.05) is 78.6 Å². The molecule has 0 saturated heterocycles. The third-order valence-electron chi connectivity index (χ3n) is 3.23. The molecule has 0 radical (unpaired) electrons. The van der Waals surface area contributed by atoms with Crippen LogP contribution in [-0.4, -0.2) is 37.0 Å². The maximum absolute atomic E-state index is 7.88. The van der Waals surface area contributed by atoms with E-state index in [9.17, 15) is 0 Å². The molecule has 0 aliphatic rings. The van der Waals surface area contributed by atoms with E-state index in [1.807, 2.05) is 20.9 Å². The summed E-state index contributed by atoms with van der Waals surface area (Å²) < 4.78 is 0. The van der Waals surface area contributed by atoms with Crippen LogP contribution < -0.4 is 5.32 Å². The van der Waals surface area contributed by atoms with Crippen molar-refractivity contribution >= 4 is 0 Å². The van der Waals surface area contributed by atoms with Gasteiger partial charge in [-0.05, 0) is 32.9 Å². The molecule has 0 spiro atoms. The second-order valence-corrected chi connectivity index (χ2v) is 5.73. The van der Waals surface area contributed by atoms with E-state index in [1.54, 1.807) is 0 Å². The van der Waals surface area contributed by atoms with Gasteiger partial charge < -0.3 is 15.5 Å². The standard InChI is InChI=1S/C13H29N.2C3H8O/c1-3-4-5-6-7-8-9-10-11-12-13-14-2;2*1-2-3-4/h14H,3-13H2,1-2H3;2*4H,2-3H2,1H3. The molecule has 138 valence electrons. The van der Waals surface area contributed by atoms with Gasteiger partial charge in [-0.15, -0.1) is 0 Å². The van der Waals surface area contributed by atoms with Crippen LogP contribution in [0.1, 0.15) is 97.8 Å². The highest BCUT2D eigenvalue weighted by Gasteiger charge is 1.91. The minimum absolute atomic E-state index is 0.319. The number of unbranched alkanes of at least 4 members (excludes halogenated alkanes) is 9. The first-order valence-corrected chi connectivity index (χ1v) is 9.61. The predicted molar refractivity (Wildman–Crippen MR) is 101 cm³/mol. The molecule has 22 heavy (non-hydrogen) atoms. The molecular formula is C19H45NO2. The van der Waals surface area contributed by atoms with Crippen molar-refractivity contribution in [3.05, 3.63) is 0 Å². The van der Waals surface area contributed by atoms with Gasteiger partial charge in [0.1, 0.15) is 0 Å². The number of rotatable bonds is 13. The Labute approximate surface area is 140 Å². The predicted octanol–water partition coefficient (Wildman–Crippen LogP) is 4.90. The maximum Gasteiger partial charge on any atom is 0.0428 e. The van der Waals surface area contributed by atoms with Crippen LogP contribution in [0.4, 0.5) is 0 Å². The van der Waals surface area contributed by atoms with Crippen LogP contribution in [0.5, 0.6) is 0 Å². The fourth-order valence-corrected chi connectivity index (χ4v) is 1.79. The Bertz CT molecular complexity index is 123. The SMILES string of the molecule is CCCCCCCCCCCCNC.CCCO.CCCO. The van der Waals surface area contributed by atoms with Crippen molar-refractivity contribution in [1.82, 2.24) is 5.32 Å². The lowest BCUT2D eigenvalue weighted by Gasteiger charge is -2.01. The van der Waals surface area contributed by atoms with Crippen molar-refractivity contribution < 1.29 is 10.2 Å². The first-order valence-electron chi connectivity index (χ1n) is 9.61. The first-order chi connectivity index (χ1) is 10.7.